The Balaban J connectivity index is 2.40. The first-order valence-corrected chi connectivity index (χ1v) is 5.82. The molecule has 6 heteroatoms. The molecule has 0 aromatic heterocycles. The second kappa shape index (κ2) is 7.30. The zero-order valence-electron chi connectivity index (χ0n) is 9.57. The number of halogens is 1. The highest BCUT2D eigenvalue weighted by molar-refractivity contribution is 6.27. The molecular formula is C12H12ClN3O2. The average Bonchev–Trinajstić information content (AvgIpc) is 2.38. The van der Waals surface area contributed by atoms with E-state index in [9.17, 15) is 9.59 Å². The Morgan fingerprint density at radius 3 is 2.78 bits per heavy atom. The van der Waals surface area contributed by atoms with E-state index in [1.54, 1.807) is 24.3 Å². The molecule has 0 saturated carbocycles. The summed E-state index contributed by atoms with van der Waals surface area (Å²) in [6.45, 7) is 0.231. The number of alkyl halides is 1. The van der Waals surface area contributed by atoms with E-state index < -0.39 is 0 Å². The van der Waals surface area contributed by atoms with Gasteiger partial charge in [0.15, 0.2) is 0 Å². The Morgan fingerprint density at radius 2 is 2.11 bits per heavy atom. The number of anilines is 1. The maximum atomic E-state index is 11.5. The molecule has 5 nitrogen and oxygen atoms in total. The zero-order valence-corrected chi connectivity index (χ0v) is 10.3. The van der Waals surface area contributed by atoms with E-state index in [-0.39, 0.29) is 30.7 Å². The van der Waals surface area contributed by atoms with Gasteiger partial charge in [-0.2, -0.15) is 5.26 Å². The molecule has 0 spiro atoms. The maximum absolute atomic E-state index is 11.5. The van der Waals surface area contributed by atoms with Gasteiger partial charge >= 0.3 is 0 Å². The highest BCUT2D eigenvalue weighted by Gasteiger charge is 2.04. The third-order valence-electron chi connectivity index (χ3n) is 2.07. The quantitative estimate of drug-likeness (QED) is 0.786. The topological polar surface area (TPSA) is 82.0 Å². The summed E-state index contributed by atoms with van der Waals surface area (Å²) in [6, 6.07) is 8.59. The van der Waals surface area contributed by atoms with Crippen LogP contribution in [0.1, 0.15) is 12.0 Å². The van der Waals surface area contributed by atoms with Crippen LogP contribution in [0.3, 0.4) is 0 Å². The molecular weight excluding hydrogens is 254 g/mol. The van der Waals surface area contributed by atoms with Gasteiger partial charge in [0.25, 0.3) is 0 Å². The zero-order chi connectivity index (χ0) is 13.4. The van der Waals surface area contributed by atoms with Gasteiger partial charge in [-0.3, -0.25) is 9.59 Å². The number of nitrogens with zero attached hydrogens (tertiary/aromatic N) is 1. The fraction of sp³-hybridized carbons (Fsp3) is 0.250. The van der Waals surface area contributed by atoms with Crippen molar-refractivity contribution in [3.8, 4) is 6.07 Å². The molecule has 0 fully saturated rings. The molecule has 0 saturated heterocycles. The first-order chi connectivity index (χ1) is 8.65. The van der Waals surface area contributed by atoms with Crippen molar-refractivity contribution in [2.75, 3.05) is 17.7 Å². The second-order valence-corrected chi connectivity index (χ2v) is 3.74. The van der Waals surface area contributed by atoms with Gasteiger partial charge in [0.2, 0.25) is 11.8 Å². The van der Waals surface area contributed by atoms with E-state index in [0.717, 1.165) is 0 Å². The average molecular weight is 266 g/mol. The van der Waals surface area contributed by atoms with Gasteiger partial charge < -0.3 is 10.6 Å². The van der Waals surface area contributed by atoms with Gasteiger partial charge in [-0.05, 0) is 18.2 Å². The van der Waals surface area contributed by atoms with Crippen LogP contribution < -0.4 is 10.6 Å². The molecule has 1 aromatic rings. The number of amides is 2. The van der Waals surface area contributed by atoms with Crippen molar-refractivity contribution >= 4 is 29.1 Å². The Kier molecular flexibility index (Phi) is 5.68. The van der Waals surface area contributed by atoms with Crippen LogP contribution in [0.15, 0.2) is 24.3 Å². The highest BCUT2D eigenvalue weighted by atomic mass is 35.5. The van der Waals surface area contributed by atoms with Gasteiger partial charge in [-0.1, -0.05) is 6.07 Å². The standard InChI is InChI=1S/C12H12ClN3O2/c13-7-12(18)15-5-4-11(17)16-10-3-1-2-9(6-10)8-14/h1-3,6H,4-5,7H2,(H,15,18)(H,16,17). The third kappa shape index (κ3) is 4.85. The molecule has 0 aliphatic heterocycles. The molecule has 0 aliphatic rings. The summed E-state index contributed by atoms with van der Waals surface area (Å²) in [5.74, 6) is -0.665. The normalized spacial score (nSPS) is 9.33. The molecule has 0 aliphatic carbocycles. The van der Waals surface area contributed by atoms with Crippen molar-refractivity contribution in [1.82, 2.24) is 5.32 Å². The van der Waals surface area contributed by atoms with E-state index in [0.29, 0.717) is 11.3 Å². The molecule has 94 valence electrons. The van der Waals surface area contributed by atoms with Crippen LogP contribution in [0.2, 0.25) is 0 Å². The predicted octanol–water partition coefficient (Wildman–Crippen LogP) is 1.24. The van der Waals surface area contributed by atoms with Crippen LogP contribution in [0.25, 0.3) is 0 Å². The van der Waals surface area contributed by atoms with Crippen LogP contribution in [-0.4, -0.2) is 24.2 Å². The summed E-state index contributed by atoms with van der Waals surface area (Å²) in [4.78, 5) is 22.3. The lowest BCUT2D eigenvalue weighted by Gasteiger charge is -2.06. The van der Waals surface area contributed by atoms with Crippen LogP contribution in [-0.2, 0) is 9.59 Å². The molecule has 0 heterocycles. The van der Waals surface area contributed by atoms with Crippen LogP contribution in [0.4, 0.5) is 5.69 Å². The number of nitrogens with one attached hydrogen (secondary N) is 2. The SMILES string of the molecule is N#Cc1cccc(NC(=O)CCNC(=O)CCl)c1. The molecule has 0 radical (unpaired) electrons. The van der Waals surface area contributed by atoms with Gasteiger partial charge in [0.05, 0.1) is 11.6 Å². The van der Waals surface area contributed by atoms with Gasteiger partial charge in [-0.25, -0.2) is 0 Å². The first-order valence-electron chi connectivity index (χ1n) is 5.28. The molecule has 18 heavy (non-hydrogen) atoms. The van der Waals surface area contributed by atoms with Gasteiger partial charge in [0, 0.05) is 18.7 Å². The summed E-state index contributed by atoms with van der Waals surface area (Å²) < 4.78 is 0. The van der Waals surface area contributed by atoms with E-state index in [1.807, 2.05) is 6.07 Å². The summed E-state index contributed by atoms with van der Waals surface area (Å²) in [7, 11) is 0. The van der Waals surface area contributed by atoms with E-state index in [1.165, 1.54) is 0 Å². The molecule has 2 N–H and O–H groups in total. The van der Waals surface area contributed by atoms with Crippen LogP contribution in [0.5, 0.6) is 0 Å². The van der Waals surface area contributed by atoms with E-state index in [2.05, 4.69) is 10.6 Å². The smallest absolute Gasteiger partial charge is 0.234 e. The Labute approximate surface area is 110 Å². The Morgan fingerprint density at radius 1 is 1.33 bits per heavy atom. The third-order valence-corrected chi connectivity index (χ3v) is 2.31. The fourth-order valence-electron chi connectivity index (χ4n) is 1.25. The number of hydrogen-bond acceptors (Lipinski definition) is 3. The van der Waals surface area contributed by atoms with Crippen molar-refractivity contribution in [2.45, 2.75) is 6.42 Å². The maximum Gasteiger partial charge on any atom is 0.234 e. The largest absolute Gasteiger partial charge is 0.355 e. The summed E-state index contributed by atoms with van der Waals surface area (Å²) >= 11 is 5.29. The van der Waals surface area contributed by atoms with E-state index >= 15 is 0 Å². The Bertz CT molecular complexity index is 482. The van der Waals surface area contributed by atoms with Gasteiger partial charge in [-0.15, -0.1) is 11.6 Å². The molecule has 1 aromatic carbocycles. The van der Waals surface area contributed by atoms with Crippen LogP contribution in [0, 0.1) is 11.3 Å². The lowest BCUT2D eigenvalue weighted by Crippen LogP contribution is -2.28. The number of benzene rings is 1. The molecule has 1 rings (SSSR count). The minimum atomic E-state index is -0.309. The molecule has 2 amide bonds. The number of hydrogen-bond donors (Lipinski definition) is 2. The van der Waals surface area contributed by atoms with Crippen molar-refractivity contribution in [2.24, 2.45) is 0 Å². The van der Waals surface area contributed by atoms with Gasteiger partial charge in [0.1, 0.15) is 5.88 Å². The second-order valence-electron chi connectivity index (χ2n) is 3.47. The highest BCUT2D eigenvalue weighted by Crippen LogP contribution is 2.09. The van der Waals surface area contributed by atoms with Crippen molar-refractivity contribution in [3.63, 3.8) is 0 Å². The summed E-state index contributed by atoms with van der Waals surface area (Å²) in [6.07, 6.45) is 0.152. The number of carbonyl (C=O) groups is 2. The summed E-state index contributed by atoms with van der Waals surface area (Å²) in [5, 5.41) is 13.8. The minimum absolute atomic E-state index is 0.119. The lowest BCUT2D eigenvalue weighted by molar-refractivity contribution is -0.119. The molecule has 0 bridgehead atoms. The fourth-order valence-corrected chi connectivity index (χ4v) is 1.35. The number of nitriles is 1. The number of rotatable bonds is 5. The van der Waals surface area contributed by atoms with Crippen molar-refractivity contribution in [3.05, 3.63) is 29.8 Å². The molecule has 0 atom stereocenters. The monoisotopic (exact) mass is 265 g/mol. The van der Waals surface area contributed by atoms with E-state index in [4.69, 9.17) is 16.9 Å². The summed E-state index contributed by atoms with van der Waals surface area (Å²) in [5.41, 5.74) is 1.03. The number of carbonyl (C=O) groups excluding carboxylic acids is 2. The first kappa shape index (κ1) is 14.0. The van der Waals surface area contributed by atoms with Crippen LogP contribution >= 0.6 is 11.6 Å². The van der Waals surface area contributed by atoms with Crippen molar-refractivity contribution in [1.29, 1.82) is 5.26 Å². The minimum Gasteiger partial charge on any atom is -0.355 e. The predicted molar refractivity (Wildman–Crippen MR) is 68.1 cm³/mol. The van der Waals surface area contributed by atoms with Crippen molar-refractivity contribution < 1.29 is 9.59 Å². The lowest BCUT2D eigenvalue weighted by atomic mass is 10.2. The Hall–Kier alpha value is -2.06. The molecule has 0 unspecified atom stereocenters.